The molecule has 0 saturated heterocycles. The zero-order valence-electron chi connectivity index (χ0n) is 40.3. The number of carboxylic acid groups (broad SMARTS) is 3. The van der Waals surface area contributed by atoms with Gasteiger partial charge in [0.2, 0.25) is 47.7 Å². The predicted molar refractivity (Wildman–Crippen MR) is 258 cm³/mol. The van der Waals surface area contributed by atoms with Crippen LogP contribution in [-0.2, 0) is 43.2 Å². The average Bonchev–Trinajstić information content (AvgIpc) is 3.80. The number of benzene rings is 3. The van der Waals surface area contributed by atoms with Crippen LogP contribution in [-0.4, -0.2) is 122 Å². The first-order valence-electron chi connectivity index (χ1n) is 24.0. The van der Waals surface area contributed by atoms with Gasteiger partial charge in [0, 0.05) is 32.1 Å². The fourth-order valence-electron chi connectivity index (χ4n) is 8.76. The Labute approximate surface area is 423 Å². The summed E-state index contributed by atoms with van der Waals surface area (Å²) < 4.78 is 33.7. The van der Waals surface area contributed by atoms with Crippen molar-refractivity contribution in [2.24, 2.45) is 5.92 Å². The van der Waals surface area contributed by atoms with E-state index in [1.807, 2.05) is 0 Å². The van der Waals surface area contributed by atoms with Gasteiger partial charge in [-0.3, -0.25) is 47.9 Å². The first kappa shape index (κ1) is 56.8. The molecule has 21 nitrogen and oxygen atoms in total. The quantitative estimate of drug-likeness (QED) is 0.0367. The molecule has 9 N–H and O–H groups in total. The second kappa shape index (κ2) is 27.6. The molecule has 3 aromatic carbocycles. The Morgan fingerprint density at radius 3 is 1.59 bits per heavy atom. The largest absolute Gasteiger partial charge is 0.481 e. The maximum Gasteiger partial charge on any atom is 0.305 e. The van der Waals surface area contributed by atoms with Gasteiger partial charge >= 0.3 is 17.9 Å². The molecule has 0 spiro atoms. The molecule has 1 aromatic heterocycles. The lowest BCUT2D eigenvalue weighted by atomic mass is 9.84. The molecule has 1 unspecified atom stereocenters. The van der Waals surface area contributed by atoms with E-state index in [1.165, 1.54) is 12.1 Å². The van der Waals surface area contributed by atoms with Crippen LogP contribution in [0.25, 0.3) is 11.1 Å². The Morgan fingerprint density at radius 1 is 0.581 bits per heavy atom. The lowest BCUT2D eigenvalue weighted by molar-refractivity contribution is -0.141. The Kier molecular flexibility index (Phi) is 21.2. The average molecular weight is 1030 g/mol. The molecule has 4 aromatic rings. The summed E-state index contributed by atoms with van der Waals surface area (Å²) in [4.78, 5) is 137. The number of nitrogens with one attached hydrogen (secondary N) is 6. The second-order valence-corrected chi connectivity index (χ2v) is 18.0. The lowest BCUT2D eigenvalue weighted by Gasteiger charge is -2.32. The fourth-order valence-corrected chi connectivity index (χ4v) is 8.76. The Morgan fingerprint density at radius 2 is 1.07 bits per heavy atom. The third kappa shape index (κ3) is 17.3. The summed E-state index contributed by atoms with van der Waals surface area (Å²) in [5.74, 6) is -13.6. The topological polar surface area (TPSA) is 330 Å². The minimum atomic E-state index is -3.10. The minimum Gasteiger partial charge on any atom is -0.481 e. The first-order valence-corrected chi connectivity index (χ1v) is 24.0. The zero-order valence-corrected chi connectivity index (χ0v) is 40.3. The minimum absolute atomic E-state index is 0.0445. The van der Waals surface area contributed by atoms with Gasteiger partial charge in [0.25, 0.3) is 5.89 Å². The molecule has 1 heterocycles. The summed E-state index contributed by atoms with van der Waals surface area (Å²) in [5, 5.41) is 43.3. The first-order chi connectivity index (χ1) is 35.3. The summed E-state index contributed by atoms with van der Waals surface area (Å²) in [6, 6.07) is 12.2. The number of alkyl halides is 2. The number of amides is 6. The van der Waals surface area contributed by atoms with E-state index < -0.39 is 152 Å². The summed E-state index contributed by atoms with van der Waals surface area (Å²) in [6.45, 7) is 1.01. The molecule has 1 aliphatic carbocycles. The molecule has 0 bridgehead atoms. The summed E-state index contributed by atoms with van der Waals surface area (Å²) in [6.07, 6.45) is -4.13. The number of carbonyl (C=O) groups excluding carboxylic acids is 7. The van der Waals surface area contributed by atoms with Crippen molar-refractivity contribution < 1.29 is 76.5 Å². The number of halogens is 2. The molecular formula is C51H59F2N7O14. The van der Waals surface area contributed by atoms with Crippen molar-refractivity contribution in [1.82, 2.24) is 36.9 Å². The molecule has 6 amide bonds. The number of Topliss-reactive ketones (excluding diaryl/α,β-unsaturated/α-hetero) is 1. The Balaban J connectivity index is 1.51. The van der Waals surface area contributed by atoms with E-state index in [0.29, 0.717) is 24.0 Å². The van der Waals surface area contributed by atoms with Crippen LogP contribution >= 0.6 is 0 Å². The molecular weight excluding hydrogens is 973 g/mol. The van der Waals surface area contributed by atoms with Crippen molar-refractivity contribution in [3.05, 3.63) is 102 Å². The van der Waals surface area contributed by atoms with Crippen LogP contribution in [0.4, 0.5) is 8.78 Å². The Bertz CT molecular complexity index is 2540. The van der Waals surface area contributed by atoms with Crippen LogP contribution in [0.2, 0.25) is 0 Å². The molecule has 23 heteroatoms. The van der Waals surface area contributed by atoms with Gasteiger partial charge in [-0.25, -0.2) is 13.8 Å². The van der Waals surface area contributed by atoms with E-state index in [9.17, 15) is 72.0 Å². The van der Waals surface area contributed by atoms with E-state index in [1.54, 1.807) is 72.8 Å². The number of hydrogen-bond acceptors (Lipinski definition) is 12. The number of nitrogens with zero attached hydrogens (tertiary/aromatic N) is 1. The van der Waals surface area contributed by atoms with Crippen molar-refractivity contribution >= 4 is 70.2 Å². The molecule has 1 fully saturated rings. The van der Waals surface area contributed by atoms with Gasteiger partial charge in [0.15, 0.2) is 5.58 Å². The highest BCUT2D eigenvalue weighted by Crippen LogP contribution is 2.30. The van der Waals surface area contributed by atoms with Gasteiger partial charge < -0.3 is 51.6 Å². The number of carboxylic acids is 3. The number of fused-ring (bicyclic) bond motifs is 1. The fraction of sp³-hybridized carbons (Fsp3) is 0.431. The summed E-state index contributed by atoms with van der Waals surface area (Å²) in [7, 11) is 0. The number of para-hydroxylation sites is 2. The number of aromatic nitrogens is 1. The SMILES string of the molecule is CC(=O)N[C@@H](CC(=O)O)C(=O)N[C@@H](CCC(=O)O)C(=O)N[C@H](C(=O)N[C@@H](CCC(=O)O)C(=O)N[C@@H](CC1CCCCC1)C(=O)NC(CC(F)F)C(=O)c1nc2ccccc2o1)C(c1ccccc1)c1ccccc1. The number of aliphatic carboxylic acids is 3. The van der Waals surface area contributed by atoms with Crippen molar-refractivity contribution in [1.29, 1.82) is 0 Å². The lowest BCUT2D eigenvalue weighted by Crippen LogP contribution is -2.61. The maximum atomic E-state index is 15.0. The molecule has 0 radical (unpaired) electrons. The van der Waals surface area contributed by atoms with Crippen molar-refractivity contribution in [2.45, 2.75) is 133 Å². The summed E-state index contributed by atoms with van der Waals surface area (Å²) in [5.41, 5.74) is 1.27. The number of rotatable bonds is 28. The van der Waals surface area contributed by atoms with Gasteiger partial charge in [-0.05, 0) is 48.4 Å². The van der Waals surface area contributed by atoms with Crippen LogP contribution in [0, 0.1) is 5.92 Å². The van der Waals surface area contributed by atoms with Crippen LogP contribution in [0.1, 0.15) is 112 Å². The van der Waals surface area contributed by atoms with E-state index in [2.05, 4.69) is 36.9 Å². The second-order valence-electron chi connectivity index (χ2n) is 18.0. The predicted octanol–water partition coefficient (Wildman–Crippen LogP) is 3.60. The molecule has 1 aliphatic rings. The van der Waals surface area contributed by atoms with Gasteiger partial charge in [0.1, 0.15) is 41.8 Å². The zero-order chi connectivity index (χ0) is 53.9. The number of ketones is 1. The number of carbonyl (C=O) groups is 10. The highest BCUT2D eigenvalue weighted by Gasteiger charge is 2.39. The monoisotopic (exact) mass is 1030 g/mol. The van der Waals surface area contributed by atoms with E-state index >= 15 is 0 Å². The molecule has 1 saturated carbocycles. The molecule has 74 heavy (non-hydrogen) atoms. The smallest absolute Gasteiger partial charge is 0.305 e. The van der Waals surface area contributed by atoms with E-state index in [-0.39, 0.29) is 23.4 Å². The molecule has 0 aliphatic heterocycles. The van der Waals surface area contributed by atoms with Crippen LogP contribution in [0.3, 0.4) is 0 Å². The van der Waals surface area contributed by atoms with E-state index in [4.69, 9.17) is 4.42 Å². The van der Waals surface area contributed by atoms with Crippen LogP contribution < -0.4 is 31.9 Å². The molecule has 6 atom stereocenters. The third-order valence-corrected chi connectivity index (χ3v) is 12.3. The van der Waals surface area contributed by atoms with Gasteiger partial charge in [-0.15, -0.1) is 0 Å². The van der Waals surface area contributed by atoms with Crippen LogP contribution in [0.5, 0.6) is 0 Å². The van der Waals surface area contributed by atoms with Gasteiger partial charge in [0.05, 0.1) is 6.42 Å². The Hall–Kier alpha value is -8.11. The number of oxazole rings is 1. The van der Waals surface area contributed by atoms with Crippen molar-refractivity contribution in [3.8, 4) is 0 Å². The normalized spacial score (nSPS) is 15.1. The molecule has 5 rings (SSSR count). The van der Waals surface area contributed by atoms with Gasteiger partial charge in [-0.2, -0.15) is 0 Å². The highest BCUT2D eigenvalue weighted by atomic mass is 19.3. The number of hydrogen-bond donors (Lipinski definition) is 9. The molecule has 396 valence electrons. The highest BCUT2D eigenvalue weighted by molar-refractivity contribution is 6.02. The summed E-state index contributed by atoms with van der Waals surface area (Å²) >= 11 is 0. The van der Waals surface area contributed by atoms with Crippen molar-refractivity contribution in [3.63, 3.8) is 0 Å². The van der Waals surface area contributed by atoms with Gasteiger partial charge in [-0.1, -0.05) is 105 Å². The van der Waals surface area contributed by atoms with Crippen LogP contribution in [0.15, 0.2) is 89.3 Å². The maximum absolute atomic E-state index is 15.0. The standard InChI is InChI=1S/C51H59F2N7O14/c1-28(61)54-37(27-42(66)67)49(72)55-34(22-24-41(64)65)47(70)60-44(43(30-15-7-3-8-16-30)31-17-9-4-10-18-31)50(73)56-33(21-23-40(62)63)46(69)58-36(25-29-13-5-2-6-14-29)48(71)57-35(26-39(52)53)45(68)51-59-32-19-11-12-20-38(32)74-51/h3-4,7-12,15-20,29,33-37,39,43-44H,2,5-6,13-14,21-27H2,1H3,(H,54,61)(H,55,72)(H,56,73)(H,57,71)(H,58,69)(H,60,70)(H,62,63)(H,64,65)(H,66,67)/t33-,34-,35?,36-,37-,44-/m0/s1. The van der Waals surface area contributed by atoms with E-state index in [0.717, 1.165) is 26.2 Å². The van der Waals surface area contributed by atoms with Crippen molar-refractivity contribution in [2.75, 3.05) is 0 Å². The third-order valence-electron chi connectivity index (χ3n) is 12.3.